The van der Waals surface area contributed by atoms with Gasteiger partial charge in [-0.3, -0.25) is 4.79 Å². The van der Waals surface area contributed by atoms with Gasteiger partial charge < -0.3 is 15.4 Å². The molecule has 4 nitrogen and oxygen atoms in total. The predicted octanol–water partition coefficient (Wildman–Crippen LogP) is 4.54. The third-order valence-corrected chi connectivity index (χ3v) is 5.07. The lowest BCUT2D eigenvalue weighted by atomic mass is 9.89. The van der Waals surface area contributed by atoms with Gasteiger partial charge in [-0.1, -0.05) is 55.7 Å². The highest BCUT2D eigenvalue weighted by molar-refractivity contribution is 5.95. The Morgan fingerprint density at radius 3 is 2.58 bits per heavy atom. The zero-order valence-corrected chi connectivity index (χ0v) is 15.4. The zero-order chi connectivity index (χ0) is 18.2. The van der Waals surface area contributed by atoms with Crippen LogP contribution in [0.2, 0.25) is 0 Å². The molecule has 0 spiro atoms. The van der Waals surface area contributed by atoms with E-state index in [2.05, 4.69) is 10.6 Å². The molecule has 0 saturated heterocycles. The quantitative estimate of drug-likeness (QED) is 0.769. The summed E-state index contributed by atoms with van der Waals surface area (Å²) in [7, 11) is 1.62. The number of rotatable bonds is 7. The van der Waals surface area contributed by atoms with Crippen LogP contribution in [0.15, 0.2) is 54.6 Å². The van der Waals surface area contributed by atoms with Crippen molar-refractivity contribution in [1.29, 1.82) is 0 Å². The van der Waals surface area contributed by atoms with Gasteiger partial charge >= 0.3 is 0 Å². The molecule has 0 aliphatic heterocycles. The average Bonchev–Trinajstić information content (AvgIpc) is 2.70. The van der Waals surface area contributed by atoms with Crippen molar-refractivity contribution in [2.75, 3.05) is 19.0 Å². The third kappa shape index (κ3) is 5.09. The van der Waals surface area contributed by atoms with Gasteiger partial charge in [-0.25, -0.2) is 0 Å². The summed E-state index contributed by atoms with van der Waals surface area (Å²) in [5, 5.41) is 6.53. The lowest BCUT2D eigenvalue weighted by Gasteiger charge is -2.25. The summed E-state index contributed by atoms with van der Waals surface area (Å²) >= 11 is 0. The van der Waals surface area contributed by atoms with E-state index in [0.29, 0.717) is 5.92 Å². The first kappa shape index (κ1) is 18.5. The monoisotopic (exact) mass is 352 g/mol. The largest absolute Gasteiger partial charge is 0.497 e. The normalized spacial score (nSPS) is 16.0. The van der Waals surface area contributed by atoms with Gasteiger partial charge in [0.1, 0.15) is 11.8 Å². The van der Waals surface area contributed by atoms with Crippen molar-refractivity contribution in [2.24, 2.45) is 5.92 Å². The van der Waals surface area contributed by atoms with Crippen molar-refractivity contribution < 1.29 is 9.53 Å². The maximum Gasteiger partial charge on any atom is 0.246 e. The Hall–Kier alpha value is -2.33. The topological polar surface area (TPSA) is 50.4 Å². The summed E-state index contributed by atoms with van der Waals surface area (Å²) < 4.78 is 5.24. The van der Waals surface area contributed by atoms with Crippen LogP contribution in [0.1, 0.15) is 43.7 Å². The highest BCUT2D eigenvalue weighted by atomic mass is 16.5. The van der Waals surface area contributed by atoms with E-state index in [4.69, 9.17) is 4.74 Å². The summed E-state index contributed by atoms with van der Waals surface area (Å²) in [6.07, 6.45) is 6.46. The van der Waals surface area contributed by atoms with Gasteiger partial charge in [-0.2, -0.15) is 0 Å². The van der Waals surface area contributed by atoms with Crippen LogP contribution >= 0.6 is 0 Å². The highest BCUT2D eigenvalue weighted by Gasteiger charge is 2.22. The molecule has 1 atom stereocenters. The first-order chi connectivity index (χ1) is 12.8. The number of hydrogen-bond acceptors (Lipinski definition) is 3. The second kappa shape index (κ2) is 9.39. The van der Waals surface area contributed by atoms with E-state index in [9.17, 15) is 4.79 Å². The number of carbonyl (C=O) groups excluding carboxylic acids is 1. The van der Waals surface area contributed by atoms with Crippen molar-refractivity contribution in [1.82, 2.24) is 5.32 Å². The Morgan fingerprint density at radius 1 is 1.08 bits per heavy atom. The smallest absolute Gasteiger partial charge is 0.246 e. The highest BCUT2D eigenvalue weighted by Crippen LogP contribution is 2.25. The van der Waals surface area contributed by atoms with Crippen LogP contribution in [0, 0.1) is 5.92 Å². The number of ether oxygens (including phenoxy) is 1. The lowest BCUT2D eigenvalue weighted by Crippen LogP contribution is -2.36. The van der Waals surface area contributed by atoms with Crippen LogP contribution in [0.3, 0.4) is 0 Å². The van der Waals surface area contributed by atoms with E-state index >= 15 is 0 Å². The van der Waals surface area contributed by atoms with Crippen LogP contribution in [0.4, 0.5) is 5.69 Å². The molecule has 0 bridgehead atoms. The van der Waals surface area contributed by atoms with Crippen LogP contribution in [0.5, 0.6) is 5.75 Å². The number of methoxy groups -OCH3 is 1. The van der Waals surface area contributed by atoms with E-state index in [0.717, 1.165) is 23.5 Å². The van der Waals surface area contributed by atoms with Gasteiger partial charge in [0.05, 0.1) is 7.11 Å². The fraction of sp³-hybridized carbons (Fsp3) is 0.409. The summed E-state index contributed by atoms with van der Waals surface area (Å²) in [6.45, 7) is 0.880. The maximum absolute atomic E-state index is 13.0. The summed E-state index contributed by atoms with van der Waals surface area (Å²) in [5.41, 5.74) is 1.73. The fourth-order valence-corrected chi connectivity index (χ4v) is 3.60. The minimum Gasteiger partial charge on any atom is -0.497 e. The van der Waals surface area contributed by atoms with E-state index in [-0.39, 0.29) is 11.9 Å². The maximum atomic E-state index is 13.0. The van der Waals surface area contributed by atoms with Crippen LogP contribution in [-0.2, 0) is 4.79 Å². The zero-order valence-electron chi connectivity index (χ0n) is 15.4. The molecule has 138 valence electrons. The summed E-state index contributed by atoms with van der Waals surface area (Å²) in [6, 6.07) is 17.0. The Morgan fingerprint density at radius 2 is 1.85 bits per heavy atom. The molecule has 2 N–H and O–H groups in total. The average molecular weight is 352 g/mol. The molecule has 0 radical (unpaired) electrons. The van der Waals surface area contributed by atoms with Gasteiger partial charge in [0.2, 0.25) is 5.91 Å². The first-order valence-corrected chi connectivity index (χ1v) is 9.49. The van der Waals surface area contributed by atoms with Crippen LogP contribution < -0.4 is 15.4 Å². The van der Waals surface area contributed by atoms with Gasteiger partial charge in [0.15, 0.2) is 0 Å². The lowest BCUT2D eigenvalue weighted by molar-refractivity contribution is -0.118. The molecule has 1 aliphatic rings. The van der Waals surface area contributed by atoms with Crippen molar-refractivity contribution >= 4 is 11.6 Å². The molecule has 0 heterocycles. The summed E-state index contributed by atoms with van der Waals surface area (Å²) in [5.74, 6) is 1.36. The molecule has 0 unspecified atom stereocenters. The van der Waals surface area contributed by atoms with Crippen LogP contribution in [-0.4, -0.2) is 19.6 Å². The molecule has 2 aromatic carbocycles. The number of hydrogen-bond donors (Lipinski definition) is 2. The molecule has 3 rings (SSSR count). The Kier molecular flexibility index (Phi) is 6.67. The van der Waals surface area contributed by atoms with E-state index in [1.807, 2.05) is 54.6 Å². The van der Waals surface area contributed by atoms with Gasteiger partial charge in [-0.15, -0.1) is 0 Å². The van der Waals surface area contributed by atoms with Gasteiger partial charge in [0.25, 0.3) is 0 Å². The fourth-order valence-electron chi connectivity index (χ4n) is 3.60. The van der Waals surface area contributed by atoms with Gasteiger partial charge in [-0.05, 0) is 43.0 Å². The molecule has 4 heteroatoms. The molecular formula is C22H28N2O2. The molecule has 1 saturated carbocycles. The second-order valence-corrected chi connectivity index (χ2v) is 6.98. The van der Waals surface area contributed by atoms with E-state index in [1.165, 1.54) is 32.1 Å². The summed E-state index contributed by atoms with van der Waals surface area (Å²) in [4.78, 5) is 13.0. The SMILES string of the molecule is COc1cccc(NC(=O)[C@@H](NCC2CCCCC2)c2ccccc2)c1. The first-order valence-electron chi connectivity index (χ1n) is 9.49. The molecule has 1 aliphatic carbocycles. The van der Waals surface area contributed by atoms with Crippen molar-refractivity contribution in [2.45, 2.75) is 38.1 Å². The Bertz CT molecular complexity index is 696. The van der Waals surface area contributed by atoms with Crippen molar-refractivity contribution in [3.05, 3.63) is 60.2 Å². The van der Waals surface area contributed by atoms with E-state index < -0.39 is 0 Å². The Labute approximate surface area is 156 Å². The molecule has 2 aromatic rings. The van der Waals surface area contributed by atoms with Crippen LogP contribution in [0.25, 0.3) is 0 Å². The third-order valence-electron chi connectivity index (χ3n) is 5.07. The van der Waals surface area contributed by atoms with E-state index in [1.54, 1.807) is 7.11 Å². The predicted molar refractivity (Wildman–Crippen MR) is 105 cm³/mol. The number of benzene rings is 2. The molecule has 0 aromatic heterocycles. The molecule has 1 fully saturated rings. The Balaban J connectivity index is 1.70. The molecule has 26 heavy (non-hydrogen) atoms. The number of anilines is 1. The minimum absolute atomic E-state index is 0.0414. The minimum atomic E-state index is -0.357. The molecular weight excluding hydrogens is 324 g/mol. The number of amides is 1. The standard InChI is InChI=1S/C22H28N2O2/c1-26-20-14-8-13-19(15-20)24-22(25)21(18-11-6-3-7-12-18)23-16-17-9-4-2-5-10-17/h3,6-8,11-15,17,21,23H,2,4-5,9-10,16H2,1H3,(H,24,25)/t21-/m0/s1. The number of carbonyl (C=O) groups is 1. The van der Waals surface area contributed by atoms with Crippen molar-refractivity contribution in [3.63, 3.8) is 0 Å². The van der Waals surface area contributed by atoms with Crippen molar-refractivity contribution in [3.8, 4) is 5.75 Å². The number of nitrogens with one attached hydrogen (secondary N) is 2. The second-order valence-electron chi connectivity index (χ2n) is 6.98. The molecule has 1 amide bonds. The van der Waals surface area contributed by atoms with Gasteiger partial charge in [0, 0.05) is 11.8 Å².